The molecule has 0 radical (unpaired) electrons. The zero-order valence-corrected chi connectivity index (χ0v) is 9.40. The Kier molecular flexibility index (Phi) is 3.84. The molecule has 0 spiro atoms. The fourth-order valence-electron chi connectivity index (χ4n) is 1.33. The predicted molar refractivity (Wildman–Crippen MR) is 61.1 cm³/mol. The van der Waals surface area contributed by atoms with Gasteiger partial charge in [0, 0.05) is 0 Å². The molecule has 86 valence electrons. The number of hydrogen-bond acceptors (Lipinski definition) is 3. The summed E-state index contributed by atoms with van der Waals surface area (Å²) in [5, 5.41) is 8.88. The average molecular weight is 240 g/mol. The Morgan fingerprint density at radius 2 is 2.00 bits per heavy atom. The Bertz CT molecular complexity index is 502. The molecule has 1 aromatic carbocycles. The predicted octanol–water partition coefficient (Wildman–Crippen LogP) is 1.49. The van der Waals surface area contributed by atoms with Crippen LogP contribution in [0.1, 0.15) is 15.9 Å². The maximum absolute atomic E-state index is 11.5. The standard InChI is InChI=1S/C11H12O4S/c1-2-7-16(14,15)8-9-5-3-4-6-10(9)11(12)13/h2-6H,1,7-8H2,(H,12,13). The Labute approximate surface area is 94.1 Å². The highest BCUT2D eigenvalue weighted by Gasteiger charge is 2.15. The molecule has 0 saturated heterocycles. The van der Waals surface area contributed by atoms with Crippen molar-refractivity contribution in [2.45, 2.75) is 5.75 Å². The van der Waals surface area contributed by atoms with Crippen molar-refractivity contribution in [3.63, 3.8) is 0 Å². The van der Waals surface area contributed by atoms with Gasteiger partial charge in [-0.3, -0.25) is 0 Å². The minimum Gasteiger partial charge on any atom is -0.478 e. The van der Waals surface area contributed by atoms with Crippen LogP contribution in [-0.4, -0.2) is 25.2 Å². The number of aromatic carboxylic acids is 1. The van der Waals surface area contributed by atoms with Crippen LogP contribution in [0.4, 0.5) is 0 Å². The largest absolute Gasteiger partial charge is 0.478 e. The summed E-state index contributed by atoms with van der Waals surface area (Å²) >= 11 is 0. The zero-order valence-electron chi connectivity index (χ0n) is 8.59. The maximum atomic E-state index is 11.5. The molecule has 1 rings (SSSR count). The van der Waals surface area contributed by atoms with Gasteiger partial charge in [0.2, 0.25) is 0 Å². The number of carboxylic acids is 1. The first kappa shape index (κ1) is 12.4. The van der Waals surface area contributed by atoms with E-state index in [0.29, 0.717) is 5.56 Å². The molecule has 0 amide bonds. The van der Waals surface area contributed by atoms with Crippen LogP contribution in [0.2, 0.25) is 0 Å². The van der Waals surface area contributed by atoms with Crippen molar-refractivity contribution in [1.29, 1.82) is 0 Å². The zero-order chi connectivity index (χ0) is 12.2. The first-order valence-electron chi connectivity index (χ1n) is 4.59. The van der Waals surface area contributed by atoms with Gasteiger partial charge in [-0.15, -0.1) is 6.58 Å². The minimum absolute atomic E-state index is 0.0233. The Morgan fingerprint density at radius 1 is 1.38 bits per heavy atom. The second-order valence-electron chi connectivity index (χ2n) is 3.31. The van der Waals surface area contributed by atoms with Gasteiger partial charge >= 0.3 is 5.97 Å². The summed E-state index contributed by atoms with van der Waals surface area (Å²) in [5.74, 6) is -1.55. The maximum Gasteiger partial charge on any atom is 0.335 e. The van der Waals surface area contributed by atoms with E-state index in [4.69, 9.17) is 5.11 Å². The summed E-state index contributed by atoms with van der Waals surface area (Å²) in [6.45, 7) is 3.35. The van der Waals surface area contributed by atoms with Crippen LogP contribution in [0, 0.1) is 0 Å². The summed E-state index contributed by atoms with van der Waals surface area (Å²) in [5.41, 5.74) is 0.326. The number of benzene rings is 1. The lowest BCUT2D eigenvalue weighted by Gasteiger charge is -2.05. The van der Waals surface area contributed by atoms with Crippen LogP contribution in [0.3, 0.4) is 0 Å². The Balaban J connectivity index is 3.06. The monoisotopic (exact) mass is 240 g/mol. The highest BCUT2D eigenvalue weighted by Crippen LogP contribution is 2.13. The average Bonchev–Trinajstić information content (AvgIpc) is 2.17. The van der Waals surface area contributed by atoms with Gasteiger partial charge in [-0.05, 0) is 11.6 Å². The molecule has 16 heavy (non-hydrogen) atoms. The molecule has 1 aromatic rings. The Hall–Kier alpha value is -1.62. The summed E-state index contributed by atoms with van der Waals surface area (Å²) < 4.78 is 23.0. The normalized spacial score (nSPS) is 11.0. The van der Waals surface area contributed by atoms with E-state index in [1.165, 1.54) is 18.2 Å². The van der Waals surface area contributed by atoms with Crippen molar-refractivity contribution in [3.05, 3.63) is 48.0 Å². The SMILES string of the molecule is C=CCS(=O)(=O)Cc1ccccc1C(=O)O. The van der Waals surface area contributed by atoms with Crippen LogP contribution < -0.4 is 0 Å². The second kappa shape index (κ2) is 4.94. The third-order valence-corrected chi connectivity index (χ3v) is 3.49. The van der Waals surface area contributed by atoms with Gasteiger partial charge in [-0.2, -0.15) is 0 Å². The van der Waals surface area contributed by atoms with Gasteiger partial charge in [0.25, 0.3) is 0 Å². The quantitative estimate of drug-likeness (QED) is 0.791. The van der Waals surface area contributed by atoms with Gasteiger partial charge < -0.3 is 5.11 Å². The molecule has 4 nitrogen and oxygen atoms in total. The first-order chi connectivity index (χ1) is 7.46. The van der Waals surface area contributed by atoms with Crippen LogP contribution in [-0.2, 0) is 15.6 Å². The van der Waals surface area contributed by atoms with Crippen LogP contribution >= 0.6 is 0 Å². The smallest absolute Gasteiger partial charge is 0.335 e. The van der Waals surface area contributed by atoms with Crippen molar-refractivity contribution in [3.8, 4) is 0 Å². The van der Waals surface area contributed by atoms with Gasteiger partial charge in [0.1, 0.15) is 0 Å². The molecule has 0 aliphatic heterocycles. The molecule has 0 aliphatic carbocycles. The molecular formula is C11H12O4S. The number of sulfone groups is 1. The van der Waals surface area contributed by atoms with E-state index in [1.807, 2.05) is 0 Å². The van der Waals surface area contributed by atoms with Crippen LogP contribution in [0.25, 0.3) is 0 Å². The molecule has 0 aliphatic rings. The molecule has 0 bridgehead atoms. The van der Waals surface area contributed by atoms with Gasteiger partial charge in [0.15, 0.2) is 9.84 Å². The van der Waals surface area contributed by atoms with Crippen molar-refractivity contribution < 1.29 is 18.3 Å². The van der Waals surface area contributed by atoms with E-state index in [0.717, 1.165) is 0 Å². The van der Waals surface area contributed by atoms with E-state index in [9.17, 15) is 13.2 Å². The number of rotatable bonds is 5. The van der Waals surface area contributed by atoms with E-state index in [1.54, 1.807) is 12.1 Å². The molecule has 1 N–H and O–H groups in total. The Morgan fingerprint density at radius 3 is 2.56 bits per heavy atom. The fourth-order valence-corrected chi connectivity index (χ4v) is 2.53. The summed E-state index contributed by atoms with van der Waals surface area (Å²) in [6.07, 6.45) is 1.29. The third kappa shape index (κ3) is 3.20. The molecule has 0 aromatic heterocycles. The molecule has 0 fully saturated rings. The lowest BCUT2D eigenvalue weighted by Crippen LogP contribution is -2.11. The summed E-state index contributed by atoms with van der Waals surface area (Å²) in [7, 11) is -3.32. The summed E-state index contributed by atoms with van der Waals surface area (Å²) in [4.78, 5) is 10.9. The van der Waals surface area contributed by atoms with E-state index >= 15 is 0 Å². The van der Waals surface area contributed by atoms with Gasteiger partial charge in [-0.25, -0.2) is 13.2 Å². The van der Waals surface area contributed by atoms with E-state index < -0.39 is 15.8 Å². The van der Waals surface area contributed by atoms with Crippen LogP contribution in [0.15, 0.2) is 36.9 Å². The van der Waals surface area contributed by atoms with Crippen molar-refractivity contribution >= 4 is 15.8 Å². The molecule has 0 unspecified atom stereocenters. The van der Waals surface area contributed by atoms with Crippen molar-refractivity contribution in [2.75, 3.05) is 5.75 Å². The molecule has 0 heterocycles. The van der Waals surface area contributed by atoms with Crippen molar-refractivity contribution in [2.24, 2.45) is 0 Å². The lowest BCUT2D eigenvalue weighted by atomic mass is 10.1. The highest BCUT2D eigenvalue weighted by atomic mass is 32.2. The van der Waals surface area contributed by atoms with Gasteiger partial charge in [-0.1, -0.05) is 24.3 Å². The highest BCUT2D eigenvalue weighted by molar-refractivity contribution is 7.90. The van der Waals surface area contributed by atoms with Gasteiger partial charge in [0.05, 0.1) is 17.1 Å². The van der Waals surface area contributed by atoms with E-state index in [-0.39, 0.29) is 17.1 Å². The third-order valence-electron chi connectivity index (χ3n) is 1.99. The van der Waals surface area contributed by atoms with E-state index in [2.05, 4.69) is 6.58 Å². The second-order valence-corrected chi connectivity index (χ2v) is 5.41. The first-order valence-corrected chi connectivity index (χ1v) is 6.41. The fraction of sp³-hybridized carbons (Fsp3) is 0.182. The minimum atomic E-state index is -3.32. The molecule has 0 atom stereocenters. The number of carbonyl (C=O) groups is 1. The number of hydrogen-bond donors (Lipinski definition) is 1. The molecule has 0 saturated carbocycles. The lowest BCUT2D eigenvalue weighted by molar-refractivity contribution is 0.0696. The van der Waals surface area contributed by atoms with Crippen LogP contribution in [0.5, 0.6) is 0 Å². The van der Waals surface area contributed by atoms with Crippen molar-refractivity contribution in [1.82, 2.24) is 0 Å². The topological polar surface area (TPSA) is 71.4 Å². The number of carboxylic acid groups (broad SMARTS) is 1. The molecule has 5 heteroatoms. The summed E-state index contributed by atoms with van der Waals surface area (Å²) in [6, 6.07) is 6.07. The molecular weight excluding hydrogens is 228 g/mol.